The van der Waals surface area contributed by atoms with Crippen molar-refractivity contribution in [2.24, 2.45) is 17.8 Å². The zero-order chi connectivity index (χ0) is 13.7. The fourth-order valence-corrected chi connectivity index (χ4v) is 2.54. The van der Waals surface area contributed by atoms with Gasteiger partial charge in [0.2, 0.25) is 0 Å². The fourth-order valence-electron chi connectivity index (χ4n) is 2.54. The van der Waals surface area contributed by atoms with E-state index in [1.54, 1.807) is 0 Å². The van der Waals surface area contributed by atoms with E-state index in [-0.39, 0.29) is 0 Å². The quantitative estimate of drug-likeness (QED) is 0.804. The van der Waals surface area contributed by atoms with E-state index in [0.29, 0.717) is 6.04 Å². The first-order valence-corrected chi connectivity index (χ1v) is 7.14. The molecule has 0 fully saturated rings. The molecular weight excluding hydrogens is 222 g/mol. The van der Waals surface area contributed by atoms with Gasteiger partial charge < -0.3 is 9.88 Å². The Bertz CT molecular complexity index is 331. The number of imidazole rings is 1. The molecule has 0 saturated carbocycles. The normalized spacial score (nSPS) is 12.3. The molecule has 0 aliphatic rings. The van der Waals surface area contributed by atoms with Crippen molar-refractivity contribution in [3.8, 4) is 0 Å². The van der Waals surface area contributed by atoms with Gasteiger partial charge in [0.15, 0.2) is 0 Å². The zero-order valence-corrected chi connectivity index (χ0v) is 12.8. The molecule has 0 atom stereocenters. The highest BCUT2D eigenvalue weighted by atomic mass is 15.1. The summed E-state index contributed by atoms with van der Waals surface area (Å²) >= 11 is 0. The lowest BCUT2D eigenvalue weighted by Gasteiger charge is -2.25. The maximum Gasteiger partial charge on any atom is 0.0951 e. The topological polar surface area (TPSA) is 29.9 Å². The SMILES string of the molecule is CC(C)C(CNCc1cncn1C(C)C)C(C)C. The Balaban J connectivity index is 2.48. The van der Waals surface area contributed by atoms with Crippen molar-refractivity contribution in [2.75, 3.05) is 6.54 Å². The molecule has 1 rings (SSSR count). The number of nitrogens with one attached hydrogen (secondary N) is 1. The third-order valence-corrected chi connectivity index (χ3v) is 3.70. The lowest BCUT2D eigenvalue weighted by Crippen LogP contribution is -2.30. The molecule has 0 amide bonds. The third-order valence-electron chi connectivity index (χ3n) is 3.70. The predicted octanol–water partition coefficient (Wildman–Crippen LogP) is 3.48. The van der Waals surface area contributed by atoms with Crippen LogP contribution in [0.3, 0.4) is 0 Å². The third kappa shape index (κ3) is 4.13. The summed E-state index contributed by atoms with van der Waals surface area (Å²) in [5.41, 5.74) is 1.27. The van der Waals surface area contributed by atoms with Crippen LogP contribution in [-0.4, -0.2) is 16.1 Å². The van der Waals surface area contributed by atoms with Gasteiger partial charge in [0, 0.05) is 18.8 Å². The van der Waals surface area contributed by atoms with Crippen molar-refractivity contribution in [1.82, 2.24) is 14.9 Å². The Labute approximate surface area is 112 Å². The smallest absolute Gasteiger partial charge is 0.0951 e. The zero-order valence-electron chi connectivity index (χ0n) is 12.8. The largest absolute Gasteiger partial charge is 0.331 e. The second-order valence-corrected chi connectivity index (χ2v) is 6.17. The highest BCUT2D eigenvalue weighted by molar-refractivity contribution is 4.99. The molecule has 0 radical (unpaired) electrons. The van der Waals surface area contributed by atoms with E-state index >= 15 is 0 Å². The van der Waals surface area contributed by atoms with Gasteiger partial charge in [0.25, 0.3) is 0 Å². The minimum absolute atomic E-state index is 0.482. The Morgan fingerprint density at radius 1 is 1.11 bits per heavy atom. The lowest BCUT2D eigenvalue weighted by molar-refractivity contribution is 0.274. The molecule has 1 aromatic heterocycles. The predicted molar refractivity (Wildman–Crippen MR) is 77.5 cm³/mol. The van der Waals surface area contributed by atoms with E-state index in [1.165, 1.54) is 5.69 Å². The Morgan fingerprint density at radius 3 is 2.22 bits per heavy atom. The maximum absolute atomic E-state index is 4.23. The van der Waals surface area contributed by atoms with E-state index in [0.717, 1.165) is 30.8 Å². The molecule has 0 aliphatic carbocycles. The second kappa shape index (κ2) is 6.93. The summed E-state index contributed by atoms with van der Waals surface area (Å²) in [5, 5.41) is 3.58. The van der Waals surface area contributed by atoms with Crippen molar-refractivity contribution < 1.29 is 0 Å². The van der Waals surface area contributed by atoms with Crippen LogP contribution in [0.5, 0.6) is 0 Å². The average molecular weight is 251 g/mol. The number of nitrogens with zero attached hydrogens (tertiary/aromatic N) is 2. The first kappa shape index (κ1) is 15.2. The minimum Gasteiger partial charge on any atom is -0.331 e. The number of rotatable bonds is 7. The molecule has 104 valence electrons. The summed E-state index contributed by atoms with van der Waals surface area (Å²) < 4.78 is 2.23. The summed E-state index contributed by atoms with van der Waals surface area (Å²) in [6, 6.07) is 0.482. The summed E-state index contributed by atoms with van der Waals surface area (Å²) in [4.78, 5) is 4.23. The first-order valence-electron chi connectivity index (χ1n) is 7.14. The fraction of sp³-hybridized carbons (Fsp3) is 0.800. The van der Waals surface area contributed by atoms with Crippen molar-refractivity contribution in [2.45, 2.75) is 54.1 Å². The van der Waals surface area contributed by atoms with Gasteiger partial charge in [0.1, 0.15) is 0 Å². The van der Waals surface area contributed by atoms with Gasteiger partial charge in [-0.3, -0.25) is 0 Å². The molecule has 0 unspecified atom stereocenters. The van der Waals surface area contributed by atoms with Gasteiger partial charge in [0.05, 0.1) is 12.0 Å². The minimum atomic E-state index is 0.482. The van der Waals surface area contributed by atoms with Crippen LogP contribution in [0.4, 0.5) is 0 Å². The van der Waals surface area contributed by atoms with Gasteiger partial charge in [-0.2, -0.15) is 0 Å². The summed E-state index contributed by atoms with van der Waals surface area (Å²) in [5.74, 6) is 2.19. The summed E-state index contributed by atoms with van der Waals surface area (Å²) in [7, 11) is 0. The van der Waals surface area contributed by atoms with Gasteiger partial charge >= 0.3 is 0 Å². The van der Waals surface area contributed by atoms with E-state index in [4.69, 9.17) is 0 Å². The van der Waals surface area contributed by atoms with E-state index in [2.05, 4.69) is 56.4 Å². The Morgan fingerprint density at radius 2 is 1.72 bits per heavy atom. The van der Waals surface area contributed by atoms with Crippen LogP contribution in [0.15, 0.2) is 12.5 Å². The van der Waals surface area contributed by atoms with E-state index in [9.17, 15) is 0 Å². The number of hydrogen-bond acceptors (Lipinski definition) is 2. The second-order valence-electron chi connectivity index (χ2n) is 6.17. The number of hydrogen-bond donors (Lipinski definition) is 1. The molecule has 0 bridgehead atoms. The molecule has 0 aromatic carbocycles. The van der Waals surface area contributed by atoms with Crippen LogP contribution >= 0.6 is 0 Å². The molecule has 0 saturated heterocycles. The van der Waals surface area contributed by atoms with E-state index < -0.39 is 0 Å². The van der Waals surface area contributed by atoms with Crippen molar-refractivity contribution >= 4 is 0 Å². The standard InChI is InChI=1S/C15H29N3/c1-11(2)15(12(3)4)9-16-7-14-8-17-10-18(14)13(5)6/h8,10-13,15-16H,7,9H2,1-6H3. The first-order chi connectivity index (χ1) is 8.43. The van der Waals surface area contributed by atoms with Crippen molar-refractivity contribution in [3.63, 3.8) is 0 Å². The van der Waals surface area contributed by atoms with Crippen molar-refractivity contribution in [1.29, 1.82) is 0 Å². The number of aromatic nitrogens is 2. The molecule has 0 spiro atoms. The Kier molecular flexibility index (Phi) is 5.86. The maximum atomic E-state index is 4.23. The summed E-state index contributed by atoms with van der Waals surface area (Å²) in [6.45, 7) is 15.6. The molecule has 3 nitrogen and oxygen atoms in total. The van der Waals surface area contributed by atoms with Crippen LogP contribution in [-0.2, 0) is 6.54 Å². The van der Waals surface area contributed by atoms with Gasteiger partial charge in [-0.1, -0.05) is 27.7 Å². The lowest BCUT2D eigenvalue weighted by atomic mass is 9.85. The van der Waals surface area contributed by atoms with Gasteiger partial charge in [-0.25, -0.2) is 4.98 Å². The van der Waals surface area contributed by atoms with Crippen molar-refractivity contribution in [3.05, 3.63) is 18.2 Å². The average Bonchev–Trinajstić information content (AvgIpc) is 2.71. The van der Waals surface area contributed by atoms with Crippen LogP contribution in [0, 0.1) is 17.8 Å². The van der Waals surface area contributed by atoms with Gasteiger partial charge in [-0.15, -0.1) is 0 Å². The molecule has 3 heteroatoms. The molecule has 1 N–H and O–H groups in total. The summed E-state index contributed by atoms with van der Waals surface area (Å²) in [6.07, 6.45) is 3.89. The van der Waals surface area contributed by atoms with Crippen LogP contribution < -0.4 is 5.32 Å². The van der Waals surface area contributed by atoms with E-state index in [1.807, 2.05) is 12.5 Å². The molecule has 1 heterocycles. The molecule has 1 aromatic rings. The Hall–Kier alpha value is -0.830. The van der Waals surface area contributed by atoms with Crippen LogP contribution in [0.25, 0.3) is 0 Å². The highest BCUT2D eigenvalue weighted by Gasteiger charge is 2.17. The molecule has 0 aliphatic heterocycles. The molecule has 18 heavy (non-hydrogen) atoms. The highest BCUT2D eigenvalue weighted by Crippen LogP contribution is 2.19. The monoisotopic (exact) mass is 251 g/mol. The molecular formula is C15H29N3. The van der Waals surface area contributed by atoms with Crippen LogP contribution in [0.1, 0.15) is 53.3 Å². The van der Waals surface area contributed by atoms with Gasteiger partial charge in [-0.05, 0) is 38.1 Å². The van der Waals surface area contributed by atoms with Crippen LogP contribution in [0.2, 0.25) is 0 Å².